The van der Waals surface area contributed by atoms with Crippen molar-refractivity contribution in [3.63, 3.8) is 0 Å². The van der Waals surface area contributed by atoms with Crippen LogP contribution in [0.5, 0.6) is 5.75 Å². The second kappa shape index (κ2) is 10.9. The Bertz CT molecular complexity index is 1170. The summed E-state index contributed by atoms with van der Waals surface area (Å²) in [5.41, 5.74) is 5.50. The molecular weight excluding hydrogens is 422 g/mol. The number of rotatable bonds is 9. The zero-order valence-corrected chi connectivity index (χ0v) is 19.4. The monoisotopic (exact) mass is 449 g/mol. The molecule has 0 unspecified atom stereocenters. The van der Waals surface area contributed by atoms with Gasteiger partial charge in [0.2, 0.25) is 0 Å². The van der Waals surface area contributed by atoms with E-state index in [0.29, 0.717) is 17.2 Å². The minimum Gasteiger partial charge on any atom is -0.487 e. The first-order valence-corrected chi connectivity index (χ1v) is 10.8. The fourth-order valence-electron chi connectivity index (χ4n) is 3.48. The predicted molar refractivity (Wildman–Crippen MR) is 133 cm³/mol. The fourth-order valence-corrected chi connectivity index (χ4v) is 3.70. The summed E-state index contributed by atoms with van der Waals surface area (Å²) in [4.78, 5) is 11.0. The molecule has 166 valence electrons. The Morgan fingerprint density at radius 2 is 2.09 bits per heavy atom. The Morgan fingerprint density at radius 1 is 1.28 bits per heavy atom. The molecule has 5 nitrogen and oxygen atoms in total. The van der Waals surface area contributed by atoms with Gasteiger partial charge in [-0.1, -0.05) is 48.5 Å². The molecule has 0 fully saturated rings. The largest absolute Gasteiger partial charge is 0.487 e. The van der Waals surface area contributed by atoms with Gasteiger partial charge < -0.3 is 14.7 Å². The van der Waals surface area contributed by atoms with Crippen molar-refractivity contribution in [2.75, 3.05) is 20.7 Å². The van der Waals surface area contributed by atoms with Gasteiger partial charge in [-0.25, -0.2) is 4.98 Å². The van der Waals surface area contributed by atoms with Gasteiger partial charge >= 0.3 is 0 Å². The zero-order valence-electron chi connectivity index (χ0n) is 18.7. The summed E-state index contributed by atoms with van der Waals surface area (Å²) < 4.78 is 6.23. The van der Waals surface area contributed by atoms with Gasteiger partial charge in [-0.2, -0.15) is 0 Å². The Morgan fingerprint density at radius 3 is 2.81 bits per heavy atom. The molecule has 32 heavy (non-hydrogen) atoms. The molecule has 0 aliphatic heterocycles. The maximum Gasteiger partial charge on any atom is 0.146 e. The Balaban J connectivity index is 2.02. The lowest BCUT2D eigenvalue weighted by Crippen LogP contribution is -2.11. The van der Waals surface area contributed by atoms with Crippen LogP contribution in [0.2, 0.25) is 5.02 Å². The molecule has 0 bridgehead atoms. The Labute approximate surface area is 194 Å². The van der Waals surface area contributed by atoms with Crippen molar-refractivity contribution in [2.24, 2.45) is 0 Å². The van der Waals surface area contributed by atoms with E-state index < -0.39 is 0 Å². The number of halogens is 1. The number of aliphatic hydroxyl groups excluding tert-OH is 1. The lowest BCUT2D eigenvalue weighted by atomic mass is 10.0. The van der Waals surface area contributed by atoms with Crippen molar-refractivity contribution in [3.8, 4) is 5.75 Å². The average Bonchev–Trinajstić information content (AvgIpc) is 2.76. The molecule has 1 N–H and O–H groups in total. The van der Waals surface area contributed by atoms with Crippen LogP contribution in [-0.4, -0.2) is 40.7 Å². The molecule has 0 aliphatic rings. The third-order valence-electron chi connectivity index (χ3n) is 4.97. The summed E-state index contributed by atoms with van der Waals surface area (Å²) in [7, 11) is 4.02. The first-order valence-electron chi connectivity index (χ1n) is 10.4. The number of aromatic nitrogens is 2. The summed E-state index contributed by atoms with van der Waals surface area (Å²) in [6, 6.07) is 8.01. The van der Waals surface area contributed by atoms with Crippen molar-refractivity contribution >= 4 is 34.3 Å². The SMILES string of the molecule is C=C/C=C(/c1cc(C)nc2c(OCc3c(Cl)cncc3/C=C/CCO)cccc12)N(C)C. The van der Waals surface area contributed by atoms with Gasteiger partial charge in [0.1, 0.15) is 17.9 Å². The Kier molecular flexibility index (Phi) is 8.03. The molecule has 3 rings (SSSR count). The van der Waals surface area contributed by atoms with Gasteiger partial charge in [0, 0.05) is 66.6 Å². The minimum atomic E-state index is 0.0922. The van der Waals surface area contributed by atoms with E-state index in [4.69, 9.17) is 26.4 Å². The van der Waals surface area contributed by atoms with Gasteiger partial charge in [0.15, 0.2) is 0 Å². The molecule has 0 aliphatic carbocycles. The normalized spacial score (nSPS) is 11.8. The summed E-state index contributed by atoms with van der Waals surface area (Å²) in [5.74, 6) is 0.683. The number of aliphatic hydroxyl groups is 1. The van der Waals surface area contributed by atoms with Crippen LogP contribution in [0.15, 0.2) is 61.5 Å². The van der Waals surface area contributed by atoms with E-state index in [-0.39, 0.29) is 13.2 Å². The average molecular weight is 450 g/mol. The van der Waals surface area contributed by atoms with E-state index in [1.807, 2.05) is 57.4 Å². The highest BCUT2D eigenvalue weighted by atomic mass is 35.5. The smallest absolute Gasteiger partial charge is 0.146 e. The molecule has 1 aromatic carbocycles. The highest BCUT2D eigenvalue weighted by Crippen LogP contribution is 2.32. The first kappa shape index (κ1) is 23.5. The fraction of sp³-hybridized carbons (Fsp3) is 0.231. The summed E-state index contributed by atoms with van der Waals surface area (Å²) in [6.07, 6.45) is 11.5. The van der Waals surface area contributed by atoms with Crippen molar-refractivity contribution in [1.29, 1.82) is 0 Å². The third-order valence-corrected chi connectivity index (χ3v) is 5.29. The lowest BCUT2D eigenvalue weighted by Gasteiger charge is -2.20. The van der Waals surface area contributed by atoms with E-state index in [0.717, 1.165) is 39.0 Å². The highest BCUT2D eigenvalue weighted by molar-refractivity contribution is 6.31. The molecule has 3 aromatic rings. The number of pyridine rings is 2. The second-order valence-electron chi connectivity index (χ2n) is 7.54. The van der Waals surface area contributed by atoms with Gasteiger partial charge in [-0.15, -0.1) is 0 Å². The molecule has 2 heterocycles. The number of hydrogen-bond acceptors (Lipinski definition) is 5. The number of benzene rings is 1. The van der Waals surface area contributed by atoms with Gasteiger partial charge in [0.05, 0.1) is 5.02 Å². The lowest BCUT2D eigenvalue weighted by molar-refractivity contribution is 0.303. The number of para-hydroxylation sites is 1. The molecular formula is C26H28ClN3O2. The van der Waals surface area contributed by atoms with Crippen molar-refractivity contribution in [1.82, 2.24) is 14.9 Å². The van der Waals surface area contributed by atoms with Gasteiger partial charge in [0.25, 0.3) is 0 Å². The molecule has 0 amide bonds. The summed E-state index contributed by atoms with van der Waals surface area (Å²) >= 11 is 6.42. The molecule has 0 radical (unpaired) electrons. The summed E-state index contributed by atoms with van der Waals surface area (Å²) in [5, 5.41) is 10.6. The van der Waals surface area contributed by atoms with Crippen molar-refractivity contribution < 1.29 is 9.84 Å². The van der Waals surface area contributed by atoms with E-state index in [2.05, 4.69) is 22.5 Å². The number of hydrogen-bond donors (Lipinski definition) is 1. The van der Waals surface area contributed by atoms with Crippen LogP contribution < -0.4 is 4.74 Å². The Hall–Kier alpha value is -3.15. The predicted octanol–water partition coefficient (Wildman–Crippen LogP) is 5.65. The highest BCUT2D eigenvalue weighted by Gasteiger charge is 2.14. The molecule has 2 aromatic heterocycles. The third kappa shape index (κ3) is 5.36. The maximum atomic E-state index is 9.04. The van der Waals surface area contributed by atoms with Gasteiger partial charge in [-0.05, 0) is 31.6 Å². The molecule has 0 saturated heterocycles. The number of aryl methyl sites for hydroxylation is 1. The van der Waals surface area contributed by atoms with E-state index in [1.54, 1.807) is 18.5 Å². The number of fused-ring (bicyclic) bond motifs is 1. The topological polar surface area (TPSA) is 58.5 Å². The molecule has 0 saturated carbocycles. The molecule has 6 heteroatoms. The van der Waals surface area contributed by atoms with Crippen LogP contribution in [0.4, 0.5) is 0 Å². The van der Waals surface area contributed by atoms with Crippen LogP contribution in [0.25, 0.3) is 22.7 Å². The first-order chi connectivity index (χ1) is 15.5. The van der Waals surface area contributed by atoms with Gasteiger partial charge in [-0.3, -0.25) is 4.98 Å². The van der Waals surface area contributed by atoms with Crippen molar-refractivity contribution in [3.05, 3.63) is 88.9 Å². The number of nitrogens with zero attached hydrogens (tertiary/aromatic N) is 3. The molecule has 0 spiro atoms. The quantitative estimate of drug-likeness (QED) is 0.427. The van der Waals surface area contributed by atoms with E-state index >= 15 is 0 Å². The molecule has 0 atom stereocenters. The summed E-state index contributed by atoms with van der Waals surface area (Å²) in [6.45, 7) is 6.19. The van der Waals surface area contributed by atoms with Crippen LogP contribution in [0.1, 0.15) is 28.8 Å². The van der Waals surface area contributed by atoms with Crippen LogP contribution in [0.3, 0.4) is 0 Å². The second-order valence-corrected chi connectivity index (χ2v) is 7.95. The van der Waals surface area contributed by atoms with Crippen LogP contribution in [-0.2, 0) is 6.61 Å². The standard InChI is InChI=1S/C26H28ClN3O2/c1-5-9-24(30(3)4)21-14-18(2)29-26-20(21)11-8-12-25(26)32-17-22-19(10-6-7-13-31)15-28-16-23(22)27/h5-6,8-12,14-16,31H,1,7,13,17H2,2-4H3/b10-6+,24-9-. The number of allylic oxidation sites excluding steroid dienone is 2. The van der Waals surface area contributed by atoms with Crippen molar-refractivity contribution in [2.45, 2.75) is 20.0 Å². The van der Waals surface area contributed by atoms with E-state index in [9.17, 15) is 0 Å². The van der Waals surface area contributed by atoms with E-state index in [1.165, 1.54) is 0 Å². The minimum absolute atomic E-state index is 0.0922. The maximum absolute atomic E-state index is 9.04. The zero-order chi connectivity index (χ0) is 23.1. The van der Waals surface area contributed by atoms with Crippen LogP contribution >= 0.6 is 11.6 Å². The van der Waals surface area contributed by atoms with Crippen LogP contribution in [0, 0.1) is 6.92 Å². The number of ether oxygens (including phenoxy) is 1.